The third-order valence-corrected chi connectivity index (χ3v) is 5.50. The number of anilines is 2. The summed E-state index contributed by atoms with van der Waals surface area (Å²) in [5, 5.41) is 11.2. The van der Waals surface area contributed by atoms with Crippen LogP contribution >= 0.6 is 23.2 Å². The van der Waals surface area contributed by atoms with Crippen LogP contribution in [-0.4, -0.2) is 35.8 Å². The van der Waals surface area contributed by atoms with Crippen LogP contribution in [0.25, 0.3) is 11.1 Å². The Labute approximate surface area is 194 Å². The normalized spacial score (nSPS) is 14.8. The molecule has 0 fully saturated rings. The van der Waals surface area contributed by atoms with Crippen molar-refractivity contribution >= 4 is 46.5 Å². The van der Waals surface area contributed by atoms with Crippen LogP contribution in [0.2, 0.25) is 10.0 Å². The first-order valence-corrected chi connectivity index (χ1v) is 10.5. The first-order chi connectivity index (χ1) is 15.4. The molecule has 0 saturated heterocycles. The molecule has 2 heterocycles. The van der Waals surface area contributed by atoms with Gasteiger partial charge in [0.15, 0.2) is 0 Å². The second-order valence-electron chi connectivity index (χ2n) is 7.16. The molecule has 3 aromatic rings. The number of carbonyl (C=O) groups excluding carboxylic acids is 2. The number of nitrogens with zero attached hydrogens (tertiary/aromatic N) is 2. The van der Waals surface area contributed by atoms with Crippen LogP contribution in [0.1, 0.15) is 18.2 Å². The lowest BCUT2D eigenvalue weighted by molar-refractivity contribution is -0.123. The van der Waals surface area contributed by atoms with Gasteiger partial charge in [-0.05, 0) is 35.9 Å². The predicted molar refractivity (Wildman–Crippen MR) is 122 cm³/mol. The fraction of sp³-hybridized carbons (Fsp3) is 0.227. The van der Waals surface area contributed by atoms with E-state index in [2.05, 4.69) is 15.7 Å². The van der Waals surface area contributed by atoms with Crippen LogP contribution in [0.4, 0.5) is 11.5 Å². The summed E-state index contributed by atoms with van der Waals surface area (Å²) in [5.74, 6) is 0.256. The van der Waals surface area contributed by atoms with Crippen LogP contribution in [0.3, 0.4) is 0 Å². The molecule has 2 amide bonds. The molecule has 32 heavy (non-hydrogen) atoms. The summed E-state index contributed by atoms with van der Waals surface area (Å²) in [4.78, 5) is 25.5. The second kappa shape index (κ2) is 9.20. The van der Waals surface area contributed by atoms with Crippen LogP contribution in [-0.2, 0) is 20.9 Å². The first-order valence-electron chi connectivity index (χ1n) is 9.71. The van der Waals surface area contributed by atoms with Gasteiger partial charge in [0.25, 0.3) is 5.91 Å². The van der Waals surface area contributed by atoms with Gasteiger partial charge in [0, 0.05) is 22.7 Å². The number of ether oxygens (including phenoxy) is 2. The molecule has 1 aliphatic rings. The molecule has 0 spiro atoms. The van der Waals surface area contributed by atoms with Gasteiger partial charge in [-0.2, -0.15) is 5.10 Å². The van der Waals surface area contributed by atoms with E-state index in [0.717, 1.165) is 5.56 Å². The molecule has 8 nitrogen and oxygen atoms in total. The molecule has 1 aromatic heterocycles. The highest BCUT2D eigenvalue weighted by atomic mass is 35.5. The van der Waals surface area contributed by atoms with Gasteiger partial charge in [-0.1, -0.05) is 35.3 Å². The van der Waals surface area contributed by atoms with Crippen molar-refractivity contribution < 1.29 is 19.1 Å². The largest absolute Gasteiger partial charge is 0.495 e. The van der Waals surface area contributed by atoms with Crippen LogP contribution in [0.5, 0.6) is 5.75 Å². The Balaban J connectivity index is 1.63. The monoisotopic (exact) mass is 474 g/mol. The molecule has 0 saturated carbocycles. The van der Waals surface area contributed by atoms with Crippen LogP contribution in [0.15, 0.2) is 42.5 Å². The summed E-state index contributed by atoms with van der Waals surface area (Å²) in [6, 6.07) is 11.3. The minimum atomic E-state index is -0.821. The number of rotatable bonds is 7. The number of carbonyl (C=O) groups is 2. The smallest absolute Gasteiger partial charge is 0.251 e. The molecule has 0 radical (unpaired) electrons. The lowest BCUT2D eigenvalue weighted by atomic mass is 10.1. The summed E-state index contributed by atoms with van der Waals surface area (Å²) in [6.07, 6.45) is -0.127. The molecule has 10 heteroatoms. The molecule has 1 aliphatic heterocycles. The molecule has 2 N–H and O–H groups in total. The maximum absolute atomic E-state index is 12.8. The van der Waals surface area contributed by atoms with Gasteiger partial charge >= 0.3 is 0 Å². The molecule has 2 aromatic carbocycles. The van der Waals surface area contributed by atoms with E-state index in [1.165, 1.54) is 11.8 Å². The van der Waals surface area contributed by atoms with Crippen molar-refractivity contribution in [1.82, 2.24) is 9.78 Å². The van der Waals surface area contributed by atoms with Crippen LogP contribution < -0.4 is 15.4 Å². The Hall–Kier alpha value is -3.07. The molecule has 1 unspecified atom stereocenters. The van der Waals surface area contributed by atoms with E-state index in [0.29, 0.717) is 38.6 Å². The van der Waals surface area contributed by atoms with Crippen molar-refractivity contribution in [2.45, 2.75) is 19.1 Å². The fourth-order valence-electron chi connectivity index (χ4n) is 3.66. The average molecular weight is 475 g/mol. The number of amides is 2. The lowest BCUT2D eigenvalue weighted by Gasteiger charge is -2.13. The number of methoxy groups -OCH3 is 2. The van der Waals surface area contributed by atoms with E-state index in [1.807, 2.05) is 12.1 Å². The molecule has 0 aliphatic carbocycles. The summed E-state index contributed by atoms with van der Waals surface area (Å²) >= 11 is 12.2. The highest BCUT2D eigenvalue weighted by Crippen LogP contribution is 2.39. The van der Waals surface area contributed by atoms with E-state index in [1.54, 1.807) is 37.4 Å². The summed E-state index contributed by atoms with van der Waals surface area (Å²) in [6.45, 7) is 0.232. The number of benzene rings is 2. The van der Waals surface area contributed by atoms with Gasteiger partial charge < -0.3 is 20.1 Å². The Morgan fingerprint density at radius 1 is 1.19 bits per heavy atom. The van der Waals surface area contributed by atoms with Crippen molar-refractivity contribution in [3.8, 4) is 16.9 Å². The highest BCUT2D eigenvalue weighted by molar-refractivity contribution is 6.31. The van der Waals surface area contributed by atoms with Crippen molar-refractivity contribution in [2.75, 3.05) is 24.9 Å². The average Bonchev–Trinajstić information content (AvgIpc) is 3.23. The van der Waals surface area contributed by atoms with Crippen LogP contribution in [0, 0.1) is 0 Å². The second-order valence-corrected chi connectivity index (χ2v) is 8.03. The van der Waals surface area contributed by atoms with Gasteiger partial charge in [-0.25, -0.2) is 4.68 Å². The van der Waals surface area contributed by atoms with Crippen molar-refractivity contribution in [3.63, 3.8) is 0 Å². The number of hydrogen-bond acceptors (Lipinski definition) is 5. The number of hydrogen-bond donors (Lipinski definition) is 2. The molecular weight excluding hydrogens is 455 g/mol. The van der Waals surface area contributed by atoms with E-state index < -0.39 is 6.04 Å². The third-order valence-electron chi connectivity index (χ3n) is 5.03. The van der Waals surface area contributed by atoms with Gasteiger partial charge in [-0.3, -0.25) is 9.59 Å². The Morgan fingerprint density at radius 2 is 1.97 bits per heavy atom. The van der Waals surface area contributed by atoms with Gasteiger partial charge in [0.2, 0.25) is 5.91 Å². The zero-order valence-electron chi connectivity index (χ0n) is 17.3. The molecule has 0 bridgehead atoms. The topological polar surface area (TPSA) is 94.5 Å². The molecular formula is C22H20Cl2N4O4. The summed E-state index contributed by atoms with van der Waals surface area (Å²) in [7, 11) is 3.06. The highest BCUT2D eigenvalue weighted by Gasteiger charge is 2.37. The number of fused-ring (bicyclic) bond motifs is 1. The quantitative estimate of drug-likeness (QED) is 0.524. The van der Waals surface area contributed by atoms with Crippen molar-refractivity contribution in [1.29, 1.82) is 0 Å². The number of nitrogens with one attached hydrogen (secondary N) is 2. The summed E-state index contributed by atoms with van der Waals surface area (Å²) < 4.78 is 12.1. The predicted octanol–water partition coefficient (Wildman–Crippen LogP) is 4.53. The van der Waals surface area contributed by atoms with Gasteiger partial charge in [0.05, 0.1) is 31.5 Å². The first kappa shape index (κ1) is 22.1. The SMILES string of the molecule is COCc1nn2c(c1-c1cccc(Cl)c1)NC(=O)C2CC(=O)Nc1cc(Cl)ccc1OC. The maximum Gasteiger partial charge on any atom is 0.251 e. The minimum absolute atomic E-state index is 0.127. The minimum Gasteiger partial charge on any atom is -0.495 e. The summed E-state index contributed by atoms with van der Waals surface area (Å²) in [5.41, 5.74) is 2.55. The molecule has 166 valence electrons. The zero-order valence-corrected chi connectivity index (χ0v) is 18.8. The van der Waals surface area contributed by atoms with Crippen molar-refractivity contribution in [2.24, 2.45) is 0 Å². The Kier molecular flexibility index (Phi) is 6.36. The number of halogens is 2. The van der Waals surface area contributed by atoms with E-state index in [9.17, 15) is 9.59 Å². The lowest BCUT2D eigenvalue weighted by Crippen LogP contribution is -2.24. The Bertz CT molecular complexity index is 1190. The van der Waals surface area contributed by atoms with Gasteiger partial charge in [0.1, 0.15) is 17.6 Å². The standard InChI is InChI=1S/C22H20Cl2N4O4/c1-31-11-16-20(12-4-3-5-13(23)8-12)21-26-22(30)17(28(21)27-16)10-19(29)25-15-9-14(24)6-7-18(15)32-2/h3-9,17H,10-11H2,1-2H3,(H,25,29)(H,26,30). The zero-order chi connectivity index (χ0) is 22.8. The fourth-order valence-corrected chi connectivity index (χ4v) is 4.02. The van der Waals surface area contributed by atoms with E-state index in [4.69, 9.17) is 32.7 Å². The molecule has 1 atom stereocenters. The van der Waals surface area contributed by atoms with E-state index in [-0.39, 0.29) is 24.8 Å². The van der Waals surface area contributed by atoms with E-state index >= 15 is 0 Å². The third kappa shape index (κ3) is 4.29. The number of aromatic nitrogens is 2. The van der Waals surface area contributed by atoms with Crippen molar-refractivity contribution in [3.05, 3.63) is 58.2 Å². The maximum atomic E-state index is 12.8. The Morgan fingerprint density at radius 3 is 2.69 bits per heavy atom. The van der Waals surface area contributed by atoms with Gasteiger partial charge in [-0.15, -0.1) is 0 Å². The molecule has 4 rings (SSSR count).